The molecule has 0 N–H and O–H groups in total. The van der Waals surface area contributed by atoms with Gasteiger partial charge in [-0.2, -0.15) is 0 Å². The highest BCUT2D eigenvalue weighted by Gasteiger charge is 1.95. The molecule has 16 heavy (non-hydrogen) atoms. The highest BCUT2D eigenvalue weighted by Crippen LogP contribution is 2.19. The predicted molar refractivity (Wildman–Crippen MR) is 71.6 cm³/mol. The molecule has 0 aliphatic carbocycles. The molecule has 0 radical (unpaired) electrons. The van der Waals surface area contributed by atoms with Crippen molar-refractivity contribution in [3.63, 3.8) is 0 Å². The van der Waals surface area contributed by atoms with E-state index >= 15 is 0 Å². The second-order valence-electron chi connectivity index (χ2n) is 3.54. The Morgan fingerprint density at radius 2 is 1.44 bits per heavy atom. The molecule has 0 heterocycles. The van der Waals surface area contributed by atoms with Gasteiger partial charge in [0, 0.05) is 5.88 Å². The van der Waals surface area contributed by atoms with Crippen molar-refractivity contribution < 1.29 is 0 Å². The quantitative estimate of drug-likeness (QED) is 0.674. The van der Waals surface area contributed by atoms with Crippen molar-refractivity contribution >= 4 is 17.7 Å². The maximum Gasteiger partial charge on any atom is 0.0407 e. The van der Waals surface area contributed by atoms with Crippen LogP contribution in [0.2, 0.25) is 0 Å². The summed E-state index contributed by atoms with van der Waals surface area (Å²) in [6.07, 6.45) is 3.97. The first-order chi connectivity index (χ1) is 7.90. The molecule has 0 spiro atoms. The number of hydrogen-bond donors (Lipinski definition) is 0. The maximum atomic E-state index is 5.59. The number of hydrogen-bond acceptors (Lipinski definition) is 0. The van der Waals surface area contributed by atoms with Crippen molar-refractivity contribution in [2.75, 3.05) is 5.88 Å². The first kappa shape index (κ1) is 11.0. The lowest BCUT2D eigenvalue weighted by atomic mass is 10.0. The van der Waals surface area contributed by atoms with E-state index in [0.717, 1.165) is 0 Å². The Bertz CT molecular complexity index is 455. The number of benzene rings is 2. The van der Waals surface area contributed by atoms with Crippen LogP contribution in [0.3, 0.4) is 0 Å². The van der Waals surface area contributed by atoms with Gasteiger partial charge in [-0.3, -0.25) is 0 Å². The summed E-state index contributed by atoms with van der Waals surface area (Å²) in [6.45, 7) is 0. The Morgan fingerprint density at radius 1 is 0.812 bits per heavy atom. The fraction of sp³-hybridized carbons (Fsp3) is 0.0667. The van der Waals surface area contributed by atoms with Crippen LogP contribution in [0.4, 0.5) is 0 Å². The fourth-order valence-electron chi connectivity index (χ4n) is 1.60. The first-order valence-electron chi connectivity index (χ1n) is 5.28. The van der Waals surface area contributed by atoms with Gasteiger partial charge >= 0.3 is 0 Å². The van der Waals surface area contributed by atoms with Crippen LogP contribution in [0.15, 0.2) is 60.7 Å². The Kier molecular flexibility index (Phi) is 3.79. The minimum absolute atomic E-state index is 0.556. The van der Waals surface area contributed by atoms with Crippen molar-refractivity contribution in [1.29, 1.82) is 0 Å². The third-order valence-corrected chi connectivity index (χ3v) is 2.60. The minimum atomic E-state index is 0.556. The van der Waals surface area contributed by atoms with Crippen molar-refractivity contribution in [3.05, 3.63) is 66.2 Å². The zero-order chi connectivity index (χ0) is 11.2. The van der Waals surface area contributed by atoms with E-state index in [9.17, 15) is 0 Å². The topological polar surface area (TPSA) is 0 Å². The van der Waals surface area contributed by atoms with Crippen LogP contribution in [0, 0.1) is 0 Å². The maximum absolute atomic E-state index is 5.59. The molecule has 0 nitrogen and oxygen atoms in total. The summed E-state index contributed by atoms with van der Waals surface area (Å²) in [5.74, 6) is 0.556. The van der Waals surface area contributed by atoms with Crippen LogP contribution in [-0.2, 0) is 0 Å². The molecule has 0 bridgehead atoms. The second kappa shape index (κ2) is 5.53. The third-order valence-electron chi connectivity index (χ3n) is 2.42. The van der Waals surface area contributed by atoms with Gasteiger partial charge in [0.2, 0.25) is 0 Å². The lowest BCUT2D eigenvalue weighted by molar-refractivity contribution is 1.59. The van der Waals surface area contributed by atoms with Crippen LogP contribution < -0.4 is 0 Å². The summed E-state index contributed by atoms with van der Waals surface area (Å²) in [5, 5.41) is 0. The van der Waals surface area contributed by atoms with E-state index in [1.165, 1.54) is 16.7 Å². The number of halogens is 1. The number of allylic oxidation sites excluding steroid dienone is 1. The van der Waals surface area contributed by atoms with E-state index in [4.69, 9.17) is 11.6 Å². The molecular formula is C15H13Cl. The molecule has 0 fully saturated rings. The Hall–Kier alpha value is -1.53. The van der Waals surface area contributed by atoms with Crippen molar-refractivity contribution in [1.82, 2.24) is 0 Å². The molecule has 0 amide bonds. The van der Waals surface area contributed by atoms with E-state index in [0.29, 0.717) is 5.88 Å². The van der Waals surface area contributed by atoms with E-state index in [2.05, 4.69) is 48.5 Å². The zero-order valence-corrected chi connectivity index (χ0v) is 9.69. The molecule has 0 aromatic heterocycles. The number of alkyl halides is 1. The van der Waals surface area contributed by atoms with Gasteiger partial charge in [0.15, 0.2) is 0 Å². The molecule has 0 aliphatic heterocycles. The van der Waals surface area contributed by atoms with Gasteiger partial charge in [-0.15, -0.1) is 11.6 Å². The molecule has 0 saturated carbocycles. The molecular weight excluding hydrogens is 216 g/mol. The van der Waals surface area contributed by atoms with Gasteiger partial charge in [0.1, 0.15) is 0 Å². The highest BCUT2D eigenvalue weighted by molar-refractivity contribution is 6.19. The fourth-order valence-corrected chi connectivity index (χ4v) is 1.69. The van der Waals surface area contributed by atoms with E-state index in [1.807, 2.05) is 18.2 Å². The van der Waals surface area contributed by atoms with Gasteiger partial charge in [-0.25, -0.2) is 0 Å². The Balaban J connectivity index is 2.23. The monoisotopic (exact) mass is 228 g/mol. The molecule has 0 atom stereocenters. The first-order valence-corrected chi connectivity index (χ1v) is 5.81. The summed E-state index contributed by atoms with van der Waals surface area (Å²) in [5.41, 5.74) is 3.67. The molecule has 0 unspecified atom stereocenters. The SMILES string of the molecule is ClCC=Cc1ccc(-c2ccccc2)cc1. The lowest BCUT2D eigenvalue weighted by Gasteiger charge is -2.01. The molecule has 1 heteroatoms. The van der Waals surface area contributed by atoms with Gasteiger partial charge in [0.05, 0.1) is 0 Å². The summed E-state index contributed by atoms with van der Waals surface area (Å²) >= 11 is 5.59. The van der Waals surface area contributed by atoms with Crippen LogP contribution in [0.1, 0.15) is 5.56 Å². The average Bonchev–Trinajstić information content (AvgIpc) is 2.38. The van der Waals surface area contributed by atoms with Crippen molar-refractivity contribution in [3.8, 4) is 11.1 Å². The summed E-state index contributed by atoms with van der Waals surface area (Å²) in [7, 11) is 0. The summed E-state index contributed by atoms with van der Waals surface area (Å²) < 4.78 is 0. The molecule has 2 aromatic rings. The van der Waals surface area contributed by atoms with Gasteiger partial charge in [-0.05, 0) is 16.7 Å². The zero-order valence-electron chi connectivity index (χ0n) is 8.94. The van der Waals surface area contributed by atoms with E-state index < -0.39 is 0 Å². The summed E-state index contributed by atoms with van der Waals surface area (Å²) in [4.78, 5) is 0. The standard InChI is InChI=1S/C15H13Cl/c16-12-4-5-13-8-10-15(11-9-13)14-6-2-1-3-7-14/h1-11H,12H2. The molecule has 80 valence electrons. The lowest BCUT2D eigenvalue weighted by Crippen LogP contribution is -1.77. The van der Waals surface area contributed by atoms with Gasteiger partial charge < -0.3 is 0 Å². The van der Waals surface area contributed by atoms with Gasteiger partial charge in [0.25, 0.3) is 0 Å². The predicted octanol–water partition coefficient (Wildman–Crippen LogP) is 4.61. The third kappa shape index (κ3) is 2.74. The molecule has 0 aliphatic rings. The second-order valence-corrected chi connectivity index (χ2v) is 3.85. The molecule has 2 aromatic carbocycles. The normalized spacial score (nSPS) is 10.8. The highest BCUT2D eigenvalue weighted by atomic mass is 35.5. The molecule has 0 saturated heterocycles. The minimum Gasteiger partial charge on any atom is -0.122 e. The summed E-state index contributed by atoms with van der Waals surface area (Å²) in [6, 6.07) is 18.8. The van der Waals surface area contributed by atoms with Crippen molar-refractivity contribution in [2.24, 2.45) is 0 Å². The van der Waals surface area contributed by atoms with E-state index in [1.54, 1.807) is 0 Å². The smallest absolute Gasteiger partial charge is 0.0407 e. The van der Waals surface area contributed by atoms with Crippen LogP contribution >= 0.6 is 11.6 Å². The Labute approximate surface area is 101 Å². The Morgan fingerprint density at radius 3 is 2.06 bits per heavy atom. The van der Waals surface area contributed by atoms with Gasteiger partial charge in [-0.1, -0.05) is 66.7 Å². The van der Waals surface area contributed by atoms with Crippen LogP contribution in [0.5, 0.6) is 0 Å². The number of rotatable bonds is 3. The van der Waals surface area contributed by atoms with Crippen LogP contribution in [-0.4, -0.2) is 5.88 Å². The van der Waals surface area contributed by atoms with Crippen molar-refractivity contribution in [2.45, 2.75) is 0 Å². The molecule has 2 rings (SSSR count). The van der Waals surface area contributed by atoms with E-state index in [-0.39, 0.29) is 0 Å². The average molecular weight is 229 g/mol. The largest absolute Gasteiger partial charge is 0.122 e. The van der Waals surface area contributed by atoms with Crippen LogP contribution in [0.25, 0.3) is 17.2 Å².